The Kier molecular flexibility index (Phi) is 6.81. The summed E-state index contributed by atoms with van der Waals surface area (Å²) < 4.78 is 32.2. The number of ether oxygens (including phenoxy) is 1. The van der Waals surface area contributed by atoms with Gasteiger partial charge in [0, 0.05) is 43.4 Å². The van der Waals surface area contributed by atoms with Crippen molar-refractivity contribution < 1.29 is 13.2 Å². The standard InChI is InChI=1S/C20H26N2O3S2/c1-17-3-7-19(8-4-17)26-16-15-21-11-13-22(14-12-21)27(23,24)20-9-5-18(25-2)6-10-20/h3-10H,11-16H2,1-2H3. The number of benzene rings is 2. The second-order valence-electron chi connectivity index (χ2n) is 6.58. The summed E-state index contributed by atoms with van der Waals surface area (Å²) in [5, 5.41) is 0. The molecule has 7 heteroatoms. The van der Waals surface area contributed by atoms with E-state index in [1.54, 1.807) is 35.7 Å². The van der Waals surface area contributed by atoms with Gasteiger partial charge >= 0.3 is 0 Å². The third kappa shape index (κ3) is 5.25. The SMILES string of the molecule is COc1ccc(S(=O)(=O)N2CCN(CCSc3ccc(C)cc3)CC2)cc1. The number of piperazine rings is 1. The predicted molar refractivity (Wildman–Crippen MR) is 110 cm³/mol. The van der Waals surface area contributed by atoms with Crippen LogP contribution in [-0.4, -0.2) is 63.2 Å². The topological polar surface area (TPSA) is 49.9 Å². The van der Waals surface area contributed by atoms with Crippen molar-refractivity contribution in [2.75, 3.05) is 45.6 Å². The van der Waals surface area contributed by atoms with Crippen LogP contribution in [0.25, 0.3) is 0 Å². The van der Waals surface area contributed by atoms with Crippen LogP contribution < -0.4 is 4.74 Å². The van der Waals surface area contributed by atoms with E-state index in [0.717, 1.165) is 25.4 Å². The third-order valence-corrected chi connectivity index (χ3v) is 7.63. The largest absolute Gasteiger partial charge is 0.497 e. The van der Waals surface area contributed by atoms with Gasteiger partial charge in [0.1, 0.15) is 5.75 Å². The van der Waals surface area contributed by atoms with Gasteiger partial charge in [-0.05, 0) is 43.3 Å². The lowest BCUT2D eigenvalue weighted by Gasteiger charge is -2.33. The average Bonchev–Trinajstić information content (AvgIpc) is 2.70. The summed E-state index contributed by atoms with van der Waals surface area (Å²) in [5.41, 5.74) is 1.27. The molecule has 0 amide bonds. The van der Waals surface area contributed by atoms with E-state index >= 15 is 0 Å². The van der Waals surface area contributed by atoms with Gasteiger partial charge in [-0.25, -0.2) is 8.42 Å². The van der Waals surface area contributed by atoms with E-state index in [1.165, 1.54) is 10.5 Å². The number of hydrogen-bond donors (Lipinski definition) is 0. The van der Waals surface area contributed by atoms with Crippen molar-refractivity contribution in [1.29, 1.82) is 0 Å². The predicted octanol–water partition coefficient (Wildman–Crippen LogP) is 3.10. The lowest BCUT2D eigenvalue weighted by atomic mass is 10.2. The lowest BCUT2D eigenvalue weighted by Crippen LogP contribution is -2.49. The van der Waals surface area contributed by atoms with Gasteiger partial charge in [-0.1, -0.05) is 17.7 Å². The molecule has 0 aliphatic carbocycles. The van der Waals surface area contributed by atoms with Gasteiger partial charge in [0.15, 0.2) is 0 Å². The highest BCUT2D eigenvalue weighted by Crippen LogP contribution is 2.22. The lowest BCUT2D eigenvalue weighted by molar-refractivity contribution is 0.197. The van der Waals surface area contributed by atoms with Crippen molar-refractivity contribution in [1.82, 2.24) is 9.21 Å². The average molecular weight is 407 g/mol. The minimum Gasteiger partial charge on any atom is -0.497 e. The normalized spacial score (nSPS) is 16.4. The first-order valence-corrected chi connectivity index (χ1v) is 11.5. The fraction of sp³-hybridized carbons (Fsp3) is 0.400. The van der Waals surface area contributed by atoms with E-state index in [2.05, 4.69) is 36.1 Å². The molecular formula is C20H26N2O3S2. The van der Waals surface area contributed by atoms with Crippen molar-refractivity contribution in [3.63, 3.8) is 0 Å². The Morgan fingerprint density at radius 2 is 1.59 bits per heavy atom. The molecule has 1 heterocycles. The Morgan fingerprint density at radius 1 is 0.963 bits per heavy atom. The molecule has 0 N–H and O–H groups in total. The van der Waals surface area contributed by atoms with Gasteiger partial charge in [-0.15, -0.1) is 11.8 Å². The van der Waals surface area contributed by atoms with Crippen molar-refractivity contribution in [3.8, 4) is 5.75 Å². The van der Waals surface area contributed by atoms with Gasteiger partial charge in [0.25, 0.3) is 0 Å². The van der Waals surface area contributed by atoms with E-state index in [-0.39, 0.29) is 0 Å². The molecule has 2 aromatic carbocycles. The molecule has 146 valence electrons. The summed E-state index contributed by atoms with van der Waals surface area (Å²) in [7, 11) is -1.86. The molecule has 1 aliphatic heterocycles. The summed E-state index contributed by atoms with van der Waals surface area (Å²) >= 11 is 1.84. The van der Waals surface area contributed by atoms with Gasteiger partial charge in [-0.2, -0.15) is 4.31 Å². The highest BCUT2D eigenvalue weighted by molar-refractivity contribution is 7.99. The number of sulfonamides is 1. The van der Waals surface area contributed by atoms with Gasteiger partial charge in [0.2, 0.25) is 10.0 Å². The van der Waals surface area contributed by atoms with E-state index < -0.39 is 10.0 Å². The number of methoxy groups -OCH3 is 1. The molecule has 0 saturated carbocycles. The number of rotatable bonds is 7. The first-order valence-electron chi connectivity index (χ1n) is 9.05. The first kappa shape index (κ1) is 20.2. The highest BCUT2D eigenvalue weighted by Gasteiger charge is 2.28. The van der Waals surface area contributed by atoms with Crippen LogP contribution in [0.4, 0.5) is 0 Å². The van der Waals surface area contributed by atoms with E-state index in [1.807, 2.05) is 11.8 Å². The maximum Gasteiger partial charge on any atom is 0.243 e. The summed E-state index contributed by atoms with van der Waals surface area (Å²) in [6.07, 6.45) is 0. The fourth-order valence-corrected chi connectivity index (χ4v) is 5.35. The molecule has 0 unspecified atom stereocenters. The molecule has 27 heavy (non-hydrogen) atoms. The quantitative estimate of drug-likeness (QED) is 0.662. The van der Waals surface area contributed by atoms with Crippen LogP contribution in [0.1, 0.15) is 5.56 Å². The molecule has 0 spiro atoms. The molecule has 0 radical (unpaired) electrons. The molecule has 0 atom stereocenters. The molecule has 0 aromatic heterocycles. The fourth-order valence-electron chi connectivity index (χ4n) is 3.02. The molecule has 0 bridgehead atoms. The Morgan fingerprint density at radius 3 is 2.19 bits per heavy atom. The van der Waals surface area contributed by atoms with Gasteiger partial charge in [-0.3, -0.25) is 4.90 Å². The van der Waals surface area contributed by atoms with Crippen molar-refractivity contribution in [3.05, 3.63) is 54.1 Å². The summed E-state index contributed by atoms with van der Waals surface area (Å²) in [6.45, 7) is 5.66. The van der Waals surface area contributed by atoms with Crippen LogP contribution in [0.5, 0.6) is 5.75 Å². The van der Waals surface area contributed by atoms with Crippen LogP contribution in [0.3, 0.4) is 0 Å². The number of hydrogen-bond acceptors (Lipinski definition) is 5. The molecule has 2 aromatic rings. The van der Waals surface area contributed by atoms with Crippen molar-refractivity contribution in [2.45, 2.75) is 16.7 Å². The highest BCUT2D eigenvalue weighted by atomic mass is 32.2. The van der Waals surface area contributed by atoms with Crippen LogP contribution in [0.15, 0.2) is 58.3 Å². The minimum atomic E-state index is -3.43. The van der Waals surface area contributed by atoms with E-state index in [4.69, 9.17) is 4.74 Å². The summed E-state index contributed by atoms with van der Waals surface area (Å²) in [4.78, 5) is 3.94. The second-order valence-corrected chi connectivity index (χ2v) is 9.69. The second kappa shape index (κ2) is 9.10. The first-order chi connectivity index (χ1) is 13.0. The molecule has 3 rings (SSSR count). The number of aryl methyl sites for hydroxylation is 1. The number of nitrogens with zero attached hydrogens (tertiary/aromatic N) is 2. The van der Waals surface area contributed by atoms with Crippen molar-refractivity contribution >= 4 is 21.8 Å². The van der Waals surface area contributed by atoms with Crippen LogP contribution in [0, 0.1) is 6.92 Å². The van der Waals surface area contributed by atoms with Crippen LogP contribution in [0.2, 0.25) is 0 Å². The third-order valence-electron chi connectivity index (χ3n) is 4.73. The smallest absolute Gasteiger partial charge is 0.243 e. The molecule has 1 fully saturated rings. The molecule has 1 saturated heterocycles. The monoisotopic (exact) mass is 406 g/mol. The van der Waals surface area contributed by atoms with Crippen LogP contribution >= 0.6 is 11.8 Å². The summed E-state index contributed by atoms with van der Waals surface area (Å²) in [6, 6.07) is 15.2. The molecule has 1 aliphatic rings. The maximum absolute atomic E-state index is 12.8. The zero-order valence-corrected chi connectivity index (χ0v) is 17.4. The minimum absolute atomic E-state index is 0.326. The van der Waals surface area contributed by atoms with Gasteiger partial charge < -0.3 is 4.74 Å². The summed E-state index contributed by atoms with van der Waals surface area (Å²) in [5.74, 6) is 1.67. The zero-order chi connectivity index (χ0) is 19.3. The zero-order valence-electron chi connectivity index (χ0n) is 15.8. The van der Waals surface area contributed by atoms with E-state index in [9.17, 15) is 8.42 Å². The van der Waals surface area contributed by atoms with Gasteiger partial charge in [0.05, 0.1) is 12.0 Å². The number of thioether (sulfide) groups is 1. The van der Waals surface area contributed by atoms with E-state index in [0.29, 0.717) is 23.7 Å². The Balaban J connectivity index is 1.48. The molecular weight excluding hydrogens is 380 g/mol. The van der Waals surface area contributed by atoms with Crippen molar-refractivity contribution in [2.24, 2.45) is 0 Å². The Labute approximate surface area is 166 Å². The maximum atomic E-state index is 12.8. The Bertz CT molecular complexity index is 829. The Hall–Kier alpha value is -1.54. The van der Waals surface area contributed by atoms with Crippen LogP contribution in [-0.2, 0) is 10.0 Å². The molecule has 5 nitrogen and oxygen atoms in total.